The van der Waals surface area contributed by atoms with E-state index in [0.717, 1.165) is 5.56 Å². The molecule has 0 aliphatic carbocycles. The zero-order valence-electron chi connectivity index (χ0n) is 12.9. The van der Waals surface area contributed by atoms with Crippen LogP contribution in [0.15, 0.2) is 12.1 Å². The van der Waals surface area contributed by atoms with Crippen molar-refractivity contribution >= 4 is 17.7 Å². The summed E-state index contributed by atoms with van der Waals surface area (Å²) >= 11 is 0. The lowest BCUT2D eigenvalue weighted by Gasteiger charge is -2.18. The van der Waals surface area contributed by atoms with Crippen LogP contribution in [0, 0.1) is 12.8 Å². The number of methoxy groups -OCH3 is 2. The summed E-state index contributed by atoms with van der Waals surface area (Å²) in [7, 11) is 3.09. The van der Waals surface area contributed by atoms with Crippen LogP contribution < -0.4 is 14.8 Å². The quantitative estimate of drug-likeness (QED) is 0.887. The van der Waals surface area contributed by atoms with Crippen LogP contribution in [0.2, 0.25) is 0 Å². The minimum atomic E-state index is -0.867. The second kappa shape index (κ2) is 6.55. The smallest absolute Gasteiger partial charge is 0.321 e. The molecule has 7 heteroatoms. The van der Waals surface area contributed by atoms with Gasteiger partial charge in [0.15, 0.2) is 0 Å². The number of carboxylic acid groups (broad SMARTS) is 1. The van der Waals surface area contributed by atoms with Crippen molar-refractivity contribution in [1.29, 1.82) is 0 Å². The molecule has 1 unspecified atom stereocenters. The Bertz CT molecular complexity index is 562. The van der Waals surface area contributed by atoms with Gasteiger partial charge in [0.2, 0.25) is 0 Å². The van der Waals surface area contributed by atoms with Crippen molar-refractivity contribution in [2.75, 3.05) is 32.6 Å². The van der Waals surface area contributed by atoms with E-state index < -0.39 is 11.9 Å². The molecule has 0 spiro atoms. The van der Waals surface area contributed by atoms with Crippen LogP contribution in [0.5, 0.6) is 11.5 Å². The summed E-state index contributed by atoms with van der Waals surface area (Å²) in [6.07, 6.45) is 0.475. The Morgan fingerprint density at radius 3 is 2.32 bits per heavy atom. The Kier molecular flexibility index (Phi) is 4.75. The number of carbonyl (C=O) groups excluding carboxylic acids is 1. The predicted molar refractivity (Wildman–Crippen MR) is 80.6 cm³/mol. The number of benzene rings is 1. The third-order valence-corrected chi connectivity index (χ3v) is 3.83. The number of ether oxygens (including phenoxy) is 2. The fourth-order valence-corrected chi connectivity index (χ4v) is 2.51. The Hall–Kier alpha value is -2.44. The van der Waals surface area contributed by atoms with Crippen molar-refractivity contribution in [3.05, 3.63) is 17.7 Å². The highest BCUT2D eigenvalue weighted by Gasteiger charge is 2.30. The molecule has 1 aromatic carbocycles. The zero-order chi connectivity index (χ0) is 16.3. The van der Waals surface area contributed by atoms with Gasteiger partial charge in [-0.15, -0.1) is 0 Å². The number of rotatable bonds is 4. The molecule has 0 bridgehead atoms. The van der Waals surface area contributed by atoms with Crippen LogP contribution in [0.25, 0.3) is 0 Å². The highest BCUT2D eigenvalue weighted by atomic mass is 16.5. The fraction of sp³-hybridized carbons (Fsp3) is 0.467. The minimum absolute atomic E-state index is 0.224. The first-order valence-corrected chi connectivity index (χ1v) is 6.97. The van der Waals surface area contributed by atoms with E-state index in [0.29, 0.717) is 30.2 Å². The molecule has 7 nitrogen and oxygen atoms in total. The molecule has 0 aromatic heterocycles. The van der Waals surface area contributed by atoms with Gasteiger partial charge in [-0.2, -0.15) is 0 Å². The zero-order valence-corrected chi connectivity index (χ0v) is 12.9. The van der Waals surface area contributed by atoms with Crippen LogP contribution in [0.1, 0.15) is 12.0 Å². The van der Waals surface area contributed by atoms with E-state index in [1.807, 2.05) is 6.92 Å². The third-order valence-electron chi connectivity index (χ3n) is 3.83. The van der Waals surface area contributed by atoms with Crippen molar-refractivity contribution in [2.24, 2.45) is 5.92 Å². The van der Waals surface area contributed by atoms with Crippen LogP contribution in [0.3, 0.4) is 0 Å². The number of nitrogens with zero attached hydrogens (tertiary/aromatic N) is 1. The fourth-order valence-electron chi connectivity index (χ4n) is 2.51. The molecule has 1 atom stereocenters. The summed E-state index contributed by atoms with van der Waals surface area (Å²) < 4.78 is 10.5. The Labute approximate surface area is 128 Å². The maximum Gasteiger partial charge on any atom is 0.321 e. The summed E-state index contributed by atoms with van der Waals surface area (Å²) in [4.78, 5) is 24.6. The van der Waals surface area contributed by atoms with Gasteiger partial charge in [0, 0.05) is 36.5 Å². The van der Waals surface area contributed by atoms with E-state index in [-0.39, 0.29) is 12.6 Å². The van der Waals surface area contributed by atoms with Gasteiger partial charge in [-0.3, -0.25) is 4.79 Å². The van der Waals surface area contributed by atoms with Gasteiger partial charge >= 0.3 is 12.0 Å². The van der Waals surface area contributed by atoms with Crippen molar-refractivity contribution < 1.29 is 24.2 Å². The normalized spacial score (nSPS) is 17.2. The standard InChI is InChI=1S/C15H20N2O5/c1-9-12(21-2)6-11(7-13(9)22-3)16-15(20)17-5-4-10(8-17)14(18)19/h6-7,10H,4-5,8H2,1-3H3,(H,16,20)(H,18,19). The molecule has 22 heavy (non-hydrogen) atoms. The number of urea groups is 1. The number of carbonyl (C=O) groups is 2. The largest absolute Gasteiger partial charge is 0.496 e. The average Bonchev–Trinajstić information content (AvgIpc) is 2.99. The highest BCUT2D eigenvalue weighted by Crippen LogP contribution is 2.32. The van der Waals surface area contributed by atoms with Crippen LogP contribution in [-0.4, -0.2) is 49.3 Å². The number of anilines is 1. The van der Waals surface area contributed by atoms with E-state index in [4.69, 9.17) is 14.6 Å². The van der Waals surface area contributed by atoms with Crippen LogP contribution in [-0.2, 0) is 4.79 Å². The van der Waals surface area contributed by atoms with Gasteiger partial charge in [0.05, 0.1) is 20.1 Å². The molecule has 0 radical (unpaired) electrons. The summed E-state index contributed by atoms with van der Waals surface area (Å²) in [6.45, 7) is 2.52. The Morgan fingerprint density at radius 1 is 1.27 bits per heavy atom. The maximum absolute atomic E-state index is 12.2. The van der Waals surface area contributed by atoms with Crippen molar-refractivity contribution in [1.82, 2.24) is 4.90 Å². The summed E-state index contributed by atoms with van der Waals surface area (Å²) in [6, 6.07) is 3.10. The third kappa shape index (κ3) is 3.24. The molecule has 120 valence electrons. The SMILES string of the molecule is COc1cc(NC(=O)N2CCC(C(=O)O)C2)cc(OC)c1C. The molecule has 1 saturated heterocycles. The summed E-state index contributed by atoms with van der Waals surface area (Å²) in [5.74, 6) is -0.138. The van der Waals surface area contributed by atoms with Gasteiger partial charge in [-0.05, 0) is 13.3 Å². The van der Waals surface area contributed by atoms with E-state index in [2.05, 4.69) is 5.32 Å². The van der Waals surface area contributed by atoms with Gasteiger partial charge in [0.25, 0.3) is 0 Å². The van der Waals surface area contributed by atoms with E-state index in [1.54, 1.807) is 26.4 Å². The van der Waals surface area contributed by atoms with Crippen LogP contribution in [0.4, 0.5) is 10.5 Å². The first kappa shape index (κ1) is 15.9. The second-order valence-electron chi connectivity index (χ2n) is 5.21. The molecule has 1 fully saturated rings. The van der Waals surface area contributed by atoms with Gasteiger partial charge in [-0.1, -0.05) is 0 Å². The molecule has 2 N–H and O–H groups in total. The Morgan fingerprint density at radius 2 is 1.86 bits per heavy atom. The molecule has 1 heterocycles. The lowest BCUT2D eigenvalue weighted by Crippen LogP contribution is -2.33. The molecule has 1 aliphatic heterocycles. The predicted octanol–water partition coefficient (Wildman–Crippen LogP) is 1.95. The van der Waals surface area contributed by atoms with Crippen molar-refractivity contribution in [3.63, 3.8) is 0 Å². The number of carboxylic acids is 1. The number of amides is 2. The number of likely N-dealkylation sites (tertiary alicyclic amines) is 1. The van der Waals surface area contributed by atoms with Crippen molar-refractivity contribution in [3.8, 4) is 11.5 Å². The van der Waals surface area contributed by atoms with Gasteiger partial charge in [-0.25, -0.2) is 4.79 Å². The van der Waals surface area contributed by atoms with E-state index in [9.17, 15) is 9.59 Å². The molecule has 1 aliphatic rings. The molecule has 1 aromatic rings. The molecular formula is C15H20N2O5. The number of aliphatic carboxylic acids is 1. The number of hydrogen-bond acceptors (Lipinski definition) is 4. The summed E-state index contributed by atoms with van der Waals surface area (Å²) in [5.41, 5.74) is 1.39. The molecular weight excluding hydrogens is 288 g/mol. The first-order chi connectivity index (χ1) is 10.5. The molecule has 2 rings (SSSR count). The van der Waals surface area contributed by atoms with Gasteiger partial charge in [0.1, 0.15) is 11.5 Å². The van der Waals surface area contributed by atoms with Crippen LogP contribution >= 0.6 is 0 Å². The average molecular weight is 308 g/mol. The van der Waals surface area contributed by atoms with Crippen molar-refractivity contribution in [2.45, 2.75) is 13.3 Å². The molecule has 2 amide bonds. The van der Waals surface area contributed by atoms with E-state index >= 15 is 0 Å². The lowest BCUT2D eigenvalue weighted by atomic mass is 10.1. The summed E-state index contributed by atoms with van der Waals surface area (Å²) in [5, 5.41) is 11.7. The topological polar surface area (TPSA) is 88.1 Å². The monoisotopic (exact) mass is 308 g/mol. The number of hydrogen-bond donors (Lipinski definition) is 2. The van der Waals surface area contributed by atoms with Gasteiger partial charge < -0.3 is 24.8 Å². The minimum Gasteiger partial charge on any atom is -0.496 e. The van der Waals surface area contributed by atoms with E-state index in [1.165, 1.54) is 4.90 Å². The second-order valence-corrected chi connectivity index (χ2v) is 5.21. The first-order valence-electron chi connectivity index (χ1n) is 6.97. The lowest BCUT2D eigenvalue weighted by molar-refractivity contribution is -0.141. The maximum atomic E-state index is 12.2. The Balaban J connectivity index is 2.10. The number of nitrogens with one attached hydrogen (secondary N) is 1. The highest BCUT2D eigenvalue weighted by molar-refractivity contribution is 5.90. The molecule has 0 saturated carbocycles.